The maximum absolute atomic E-state index is 13.9. The predicted molar refractivity (Wildman–Crippen MR) is 118 cm³/mol. The molecule has 3 aromatic rings. The average Bonchev–Trinajstić information content (AvgIpc) is 3.00. The van der Waals surface area contributed by atoms with E-state index in [-0.39, 0.29) is 11.7 Å². The van der Waals surface area contributed by atoms with Gasteiger partial charge in [-0.25, -0.2) is 14.4 Å². The van der Waals surface area contributed by atoms with Crippen molar-refractivity contribution in [3.8, 4) is 11.4 Å². The molecule has 0 unspecified atom stereocenters. The first-order valence-corrected chi connectivity index (χ1v) is 11.0. The molecule has 0 aliphatic carbocycles. The molecule has 0 saturated carbocycles. The van der Waals surface area contributed by atoms with E-state index in [9.17, 15) is 9.18 Å². The zero-order valence-electron chi connectivity index (χ0n) is 17.5. The lowest BCUT2D eigenvalue weighted by atomic mass is 10.1. The van der Waals surface area contributed by atoms with Gasteiger partial charge in [-0.1, -0.05) is 24.6 Å². The Hall–Kier alpha value is -3.22. The molecule has 0 atom stereocenters. The number of rotatable bonds is 3. The van der Waals surface area contributed by atoms with Gasteiger partial charge >= 0.3 is 0 Å². The summed E-state index contributed by atoms with van der Waals surface area (Å²) < 4.78 is 16.0. The number of benzene rings is 1. The lowest BCUT2D eigenvalue weighted by Gasteiger charge is -2.35. The number of nitrogens with zero attached hydrogens (tertiary/aromatic N) is 5. The van der Waals surface area contributed by atoms with Crippen LogP contribution in [-0.4, -0.2) is 51.5 Å². The highest BCUT2D eigenvalue weighted by atomic mass is 19.1. The second kappa shape index (κ2) is 8.49. The molecule has 2 aliphatic heterocycles. The van der Waals surface area contributed by atoms with Crippen LogP contribution in [0.3, 0.4) is 0 Å². The number of hydrogen-bond donors (Lipinski definition) is 0. The van der Waals surface area contributed by atoms with Crippen molar-refractivity contribution in [1.82, 2.24) is 19.4 Å². The number of aromatic nitrogens is 3. The number of pyridine rings is 1. The monoisotopic (exact) mass is 419 g/mol. The first-order valence-electron chi connectivity index (χ1n) is 11.0. The van der Waals surface area contributed by atoms with Gasteiger partial charge in [-0.2, -0.15) is 0 Å². The second-order valence-corrected chi connectivity index (χ2v) is 8.17. The predicted octanol–water partition coefficient (Wildman–Crippen LogP) is 3.77. The first kappa shape index (κ1) is 19.7. The number of halogens is 1. The SMILES string of the molecule is O=C(c1nc(-c2cccc(F)c2)n2c1CCCCC2)N1CCN(c2ccccn2)CC1. The lowest BCUT2D eigenvalue weighted by Crippen LogP contribution is -2.49. The van der Waals surface area contributed by atoms with Crippen LogP contribution in [0.2, 0.25) is 0 Å². The highest BCUT2D eigenvalue weighted by Gasteiger charge is 2.29. The summed E-state index contributed by atoms with van der Waals surface area (Å²) in [6.07, 6.45) is 5.84. The van der Waals surface area contributed by atoms with Gasteiger partial charge in [0, 0.05) is 44.5 Å². The molecule has 0 radical (unpaired) electrons. The number of anilines is 1. The van der Waals surface area contributed by atoms with Crippen molar-refractivity contribution >= 4 is 11.7 Å². The van der Waals surface area contributed by atoms with Crippen LogP contribution in [0.5, 0.6) is 0 Å². The summed E-state index contributed by atoms with van der Waals surface area (Å²) in [6.45, 7) is 3.58. The molecule has 1 fully saturated rings. The molecule has 0 N–H and O–H groups in total. The summed E-state index contributed by atoms with van der Waals surface area (Å²) in [5.74, 6) is 1.33. The fraction of sp³-hybridized carbons (Fsp3) is 0.375. The summed E-state index contributed by atoms with van der Waals surface area (Å²) in [7, 11) is 0. The third-order valence-electron chi connectivity index (χ3n) is 6.19. The van der Waals surface area contributed by atoms with E-state index in [1.54, 1.807) is 12.3 Å². The van der Waals surface area contributed by atoms with Crippen LogP contribution in [0, 0.1) is 5.82 Å². The molecule has 2 aliphatic rings. The van der Waals surface area contributed by atoms with Crippen molar-refractivity contribution in [2.24, 2.45) is 0 Å². The minimum atomic E-state index is -0.290. The quantitative estimate of drug-likeness (QED) is 0.649. The molecule has 0 bridgehead atoms. The summed E-state index contributed by atoms with van der Waals surface area (Å²) in [5.41, 5.74) is 2.25. The van der Waals surface area contributed by atoms with Crippen LogP contribution in [0.4, 0.5) is 10.2 Å². The van der Waals surface area contributed by atoms with E-state index < -0.39 is 0 Å². The third kappa shape index (κ3) is 3.92. The largest absolute Gasteiger partial charge is 0.353 e. The maximum atomic E-state index is 13.9. The van der Waals surface area contributed by atoms with Gasteiger partial charge in [0.15, 0.2) is 0 Å². The van der Waals surface area contributed by atoms with Gasteiger partial charge in [-0.15, -0.1) is 0 Å². The molecule has 0 spiro atoms. The second-order valence-electron chi connectivity index (χ2n) is 8.17. The Kier molecular flexibility index (Phi) is 5.40. The molecule has 1 amide bonds. The summed E-state index contributed by atoms with van der Waals surface area (Å²) >= 11 is 0. The van der Waals surface area contributed by atoms with Crippen LogP contribution >= 0.6 is 0 Å². The fourth-order valence-electron chi connectivity index (χ4n) is 4.57. The maximum Gasteiger partial charge on any atom is 0.274 e. The van der Waals surface area contributed by atoms with Gasteiger partial charge < -0.3 is 14.4 Å². The van der Waals surface area contributed by atoms with E-state index in [1.807, 2.05) is 29.2 Å². The molecule has 31 heavy (non-hydrogen) atoms. The van der Waals surface area contributed by atoms with Gasteiger partial charge in [0.25, 0.3) is 5.91 Å². The number of amides is 1. The van der Waals surface area contributed by atoms with Gasteiger partial charge in [-0.3, -0.25) is 4.79 Å². The molecule has 160 valence electrons. The molecule has 7 heteroatoms. The van der Waals surface area contributed by atoms with E-state index >= 15 is 0 Å². The number of piperazine rings is 1. The number of hydrogen-bond acceptors (Lipinski definition) is 4. The molecule has 5 rings (SSSR count). The average molecular weight is 420 g/mol. The lowest BCUT2D eigenvalue weighted by molar-refractivity contribution is 0.0740. The van der Waals surface area contributed by atoms with E-state index in [0.29, 0.717) is 24.6 Å². The van der Waals surface area contributed by atoms with Crippen molar-refractivity contribution in [2.75, 3.05) is 31.1 Å². The fourth-order valence-corrected chi connectivity index (χ4v) is 4.57. The van der Waals surface area contributed by atoms with E-state index in [4.69, 9.17) is 4.98 Å². The van der Waals surface area contributed by atoms with Crippen molar-refractivity contribution in [3.63, 3.8) is 0 Å². The molecular formula is C24H26FN5O. The summed E-state index contributed by atoms with van der Waals surface area (Å²) in [4.78, 5) is 26.8. The Labute approximate surface area is 181 Å². The Bertz CT molecular complexity index is 1070. The van der Waals surface area contributed by atoms with Crippen molar-refractivity contribution < 1.29 is 9.18 Å². The van der Waals surface area contributed by atoms with Crippen LogP contribution in [0.1, 0.15) is 35.4 Å². The highest BCUT2D eigenvalue weighted by Crippen LogP contribution is 2.28. The van der Waals surface area contributed by atoms with Crippen molar-refractivity contribution in [1.29, 1.82) is 0 Å². The van der Waals surface area contributed by atoms with Gasteiger partial charge in [0.1, 0.15) is 23.2 Å². The Balaban J connectivity index is 1.41. The smallest absolute Gasteiger partial charge is 0.274 e. The topological polar surface area (TPSA) is 54.3 Å². The van der Waals surface area contributed by atoms with E-state index in [1.165, 1.54) is 12.1 Å². The van der Waals surface area contributed by atoms with Gasteiger partial charge in [-0.05, 0) is 43.5 Å². The third-order valence-corrected chi connectivity index (χ3v) is 6.19. The Morgan fingerprint density at radius 1 is 0.935 bits per heavy atom. The molecule has 6 nitrogen and oxygen atoms in total. The number of imidazole rings is 1. The van der Waals surface area contributed by atoms with Gasteiger partial charge in [0.05, 0.1) is 5.69 Å². The van der Waals surface area contributed by atoms with Crippen molar-refractivity contribution in [3.05, 3.63) is 65.9 Å². The van der Waals surface area contributed by atoms with E-state index in [0.717, 1.165) is 62.4 Å². The minimum absolute atomic E-state index is 0.0195. The minimum Gasteiger partial charge on any atom is -0.353 e. The number of fused-ring (bicyclic) bond motifs is 1. The highest BCUT2D eigenvalue weighted by molar-refractivity contribution is 5.94. The van der Waals surface area contributed by atoms with Crippen LogP contribution in [-0.2, 0) is 13.0 Å². The van der Waals surface area contributed by atoms with Crippen molar-refractivity contribution in [2.45, 2.75) is 32.2 Å². The molecular weight excluding hydrogens is 393 g/mol. The Morgan fingerprint density at radius 2 is 1.81 bits per heavy atom. The number of carbonyl (C=O) groups is 1. The van der Waals surface area contributed by atoms with Gasteiger partial charge in [0.2, 0.25) is 0 Å². The standard InChI is InChI=1S/C24H26FN5O/c25-19-8-6-7-18(17-19)23-27-22(20-9-2-1-5-12-30(20)23)24(31)29-15-13-28(14-16-29)21-10-3-4-11-26-21/h3-4,6-8,10-11,17H,1-2,5,9,12-16H2. The number of carbonyl (C=O) groups excluding carboxylic acids is 1. The first-order chi connectivity index (χ1) is 15.2. The normalized spacial score (nSPS) is 16.7. The van der Waals surface area contributed by atoms with Crippen LogP contribution in [0.15, 0.2) is 48.7 Å². The molecule has 1 saturated heterocycles. The van der Waals surface area contributed by atoms with Crippen LogP contribution in [0.25, 0.3) is 11.4 Å². The van der Waals surface area contributed by atoms with Crippen LogP contribution < -0.4 is 4.90 Å². The molecule has 1 aromatic carbocycles. The molecule has 4 heterocycles. The van der Waals surface area contributed by atoms with E-state index in [2.05, 4.69) is 14.5 Å². The summed E-state index contributed by atoms with van der Waals surface area (Å²) in [5, 5.41) is 0. The zero-order valence-corrected chi connectivity index (χ0v) is 17.5. The Morgan fingerprint density at radius 3 is 2.58 bits per heavy atom. The molecule has 2 aromatic heterocycles. The zero-order chi connectivity index (χ0) is 21.2. The summed E-state index contributed by atoms with van der Waals surface area (Å²) in [6, 6.07) is 12.4.